The van der Waals surface area contributed by atoms with Crippen LogP contribution in [0.15, 0.2) is 0 Å². The highest BCUT2D eigenvalue weighted by Gasteiger charge is 2.35. The zero-order valence-corrected chi connectivity index (χ0v) is 9.13. The molecule has 2 N–H and O–H groups in total. The Kier molecular flexibility index (Phi) is 5.87. The number of carbonyl (C=O) groups excluding carboxylic acids is 1. The van der Waals surface area contributed by atoms with Gasteiger partial charge in [0.2, 0.25) is 5.91 Å². The number of carboxylic acid groups (broad SMARTS) is 1. The number of aliphatic carboxylic acids is 1. The van der Waals surface area contributed by atoms with E-state index in [0.717, 1.165) is 0 Å². The number of halogens is 2. The first kappa shape index (κ1) is 14.8. The molecule has 0 heterocycles. The van der Waals surface area contributed by atoms with E-state index in [0.29, 0.717) is 0 Å². The van der Waals surface area contributed by atoms with Crippen molar-refractivity contribution in [1.29, 1.82) is 0 Å². The molecule has 0 saturated heterocycles. The minimum absolute atomic E-state index is 0.00225. The molecule has 0 aromatic carbocycles. The molecular weight excluding hydrogens is 224 g/mol. The zero-order chi connectivity index (χ0) is 12.8. The molecule has 0 aliphatic carbocycles. The van der Waals surface area contributed by atoms with Crippen LogP contribution in [-0.2, 0) is 14.3 Å². The van der Waals surface area contributed by atoms with Crippen molar-refractivity contribution in [1.82, 2.24) is 5.32 Å². The van der Waals surface area contributed by atoms with Gasteiger partial charge in [-0.2, -0.15) is 0 Å². The molecule has 0 saturated carbocycles. The number of amides is 1. The fourth-order valence-electron chi connectivity index (χ4n) is 0.727. The van der Waals surface area contributed by atoms with Crippen molar-refractivity contribution >= 4 is 11.9 Å². The predicted molar refractivity (Wildman–Crippen MR) is 51.2 cm³/mol. The molecule has 0 radical (unpaired) electrons. The summed E-state index contributed by atoms with van der Waals surface area (Å²) in [5.74, 6) is -1.93. The fourth-order valence-corrected chi connectivity index (χ4v) is 0.727. The molecule has 0 aliphatic heterocycles. The fraction of sp³-hybridized carbons (Fsp3) is 0.778. The van der Waals surface area contributed by atoms with Gasteiger partial charge in [-0.05, 0) is 13.8 Å². The van der Waals surface area contributed by atoms with Crippen molar-refractivity contribution in [2.45, 2.75) is 20.3 Å². The van der Waals surface area contributed by atoms with E-state index in [9.17, 15) is 18.4 Å². The lowest BCUT2D eigenvalue weighted by Gasteiger charge is -2.18. The zero-order valence-electron chi connectivity index (χ0n) is 9.13. The molecule has 0 rings (SSSR count). The van der Waals surface area contributed by atoms with Gasteiger partial charge < -0.3 is 15.2 Å². The minimum Gasteiger partial charge on any atom is -0.480 e. The van der Waals surface area contributed by atoms with Gasteiger partial charge in [-0.3, -0.25) is 9.59 Å². The van der Waals surface area contributed by atoms with Crippen molar-refractivity contribution in [3.8, 4) is 0 Å². The lowest BCUT2D eigenvalue weighted by atomic mass is 9.93. The highest BCUT2D eigenvalue weighted by molar-refractivity contribution is 6.00. The maximum Gasteiger partial charge on any atom is 0.318 e. The van der Waals surface area contributed by atoms with Crippen LogP contribution < -0.4 is 5.32 Å². The molecule has 5 nitrogen and oxygen atoms in total. The van der Waals surface area contributed by atoms with Crippen molar-refractivity contribution < 1.29 is 28.2 Å². The number of hydrogen-bond donors (Lipinski definition) is 2. The van der Waals surface area contributed by atoms with Crippen LogP contribution in [0.3, 0.4) is 0 Å². The lowest BCUT2D eigenvalue weighted by Crippen LogP contribution is -2.43. The summed E-state index contributed by atoms with van der Waals surface area (Å²) in [7, 11) is 0. The van der Waals surface area contributed by atoms with E-state index in [1.165, 1.54) is 13.8 Å². The number of hydrogen-bond acceptors (Lipinski definition) is 3. The first-order valence-corrected chi connectivity index (χ1v) is 4.66. The van der Waals surface area contributed by atoms with Crippen LogP contribution in [0.4, 0.5) is 8.78 Å². The average Bonchev–Trinajstić information content (AvgIpc) is 2.16. The van der Waals surface area contributed by atoms with E-state index in [1.807, 2.05) is 0 Å². The van der Waals surface area contributed by atoms with Crippen molar-refractivity contribution in [2.24, 2.45) is 5.41 Å². The van der Waals surface area contributed by atoms with E-state index in [-0.39, 0.29) is 13.2 Å². The smallest absolute Gasteiger partial charge is 0.318 e. The molecule has 0 aliphatic rings. The van der Waals surface area contributed by atoms with E-state index in [1.54, 1.807) is 0 Å². The molecular formula is C9H15F2NO4. The normalized spacial score (nSPS) is 11.6. The summed E-state index contributed by atoms with van der Waals surface area (Å²) in [4.78, 5) is 22.0. The van der Waals surface area contributed by atoms with Crippen LogP contribution in [0.1, 0.15) is 13.8 Å². The average molecular weight is 239 g/mol. The van der Waals surface area contributed by atoms with E-state index in [2.05, 4.69) is 10.1 Å². The molecule has 94 valence electrons. The summed E-state index contributed by atoms with van der Waals surface area (Å²) in [6.07, 6.45) is -2.55. The lowest BCUT2D eigenvalue weighted by molar-refractivity contribution is -0.153. The van der Waals surface area contributed by atoms with Gasteiger partial charge in [-0.15, -0.1) is 0 Å². The van der Waals surface area contributed by atoms with Crippen LogP contribution in [0.5, 0.6) is 0 Å². The molecule has 0 unspecified atom stereocenters. The van der Waals surface area contributed by atoms with E-state index < -0.39 is 30.3 Å². The third kappa shape index (κ3) is 5.01. The second-order valence-corrected chi connectivity index (χ2v) is 3.65. The van der Waals surface area contributed by atoms with Crippen LogP contribution in [0, 0.1) is 5.41 Å². The summed E-state index contributed by atoms with van der Waals surface area (Å²) in [6, 6.07) is 0. The predicted octanol–water partition coefficient (Wildman–Crippen LogP) is 0.495. The standard InChI is InChI=1S/C9H15F2NO4/c1-9(2,8(14)15)7(13)12-3-4-16-5-6(10)11/h6H,3-5H2,1-2H3,(H,12,13)(H,14,15). The first-order valence-electron chi connectivity index (χ1n) is 4.66. The Morgan fingerprint density at radius 1 is 1.44 bits per heavy atom. The summed E-state index contributed by atoms with van der Waals surface area (Å²) >= 11 is 0. The molecule has 7 heteroatoms. The summed E-state index contributed by atoms with van der Waals surface area (Å²) in [6.45, 7) is 1.74. The maximum atomic E-state index is 11.6. The number of ether oxygens (including phenoxy) is 1. The Morgan fingerprint density at radius 3 is 2.44 bits per heavy atom. The largest absolute Gasteiger partial charge is 0.480 e. The van der Waals surface area contributed by atoms with Gasteiger partial charge in [0.05, 0.1) is 6.61 Å². The molecule has 0 aromatic rings. The first-order chi connectivity index (χ1) is 7.28. The van der Waals surface area contributed by atoms with Crippen LogP contribution in [0.25, 0.3) is 0 Å². The Labute approximate surface area is 91.8 Å². The van der Waals surface area contributed by atoms with Gasteiger partial charge in [0, 0.05) is 6.54 Å². The van der Waals surface area contributed by atoms with Gasteiger partial charge in [0.15, 0.2) is 0 Å². The summed E-state index contributed by atoms with van der Waals surface area (Å²) in [5, 5.41) is 11.0. The Morgan fingerprint density at radius 2 is 2.00 bits per heavy atom. The Hall–Kier alpha value is -1.24. The number of alkyl halides is 2. The number of rotatable bonds is 7. The Balaban J connectivity index is 3.78. The van der Waals surface area contributed by atoms with Crippen molar-refractivity contribution in [3.63, 3.8) is 0 Å². The van der Waals surface area contributed by atoms with Crippen LogP contribution in [-0.4, -0.2) is 43.2 Å². The molecule has 0 aromatic heterocycles. The number of carbonyl (C=O) groups is 2. The molecule has 0 bridgehead atoms. The van der Waals surface area contributed by atoms with Gasteiger partial charge in [-0.1, -0.05) is 0 Å². The second-order valence-electron chi connectivity index (χ2n) is 3.65. The van der Waals surface area contributed by atoms with Crippen molar-refractivity contribution in [3.05, 3.63) is 0 Å². The Bertz CT molecular complexity index is 256. The highest BCUT2D eigenvalue weighted by Crippen LogP contribution is 2.14. The topological polar surface area (TPSA) is 75.6 Å². The molecule has 16 heavy (non-hydrogen) atoms. The van der Waals surface area contributed by atoms with Crippen molar-refractivity contribution in [2.75, 3.05) is 19.8 Å². The third-order valence-corrected chi connectivity index (χ3v) is 1.88. The minimum atomic E-state index is -2.55. The van der Waals surface area contributed by atoms with Gasteiger partial charge in [-0.25, -0.2) is 8.78 Å². The van der Waals surface area contributed by atoms with E-state index >= 15 is 0 Å². The molecule has 1 amide bonds. The maximum absolute atomic E-state index is 11.6. The summed E-state index contributed by atoms with van der Waals surface area (Å²) < 4.78 is 27.8. The third-order valence-electron chi connectivity index (χ3n) is 1.88. The van der Waals surface area contributed by atoms with Crippen LogP contribution in [0.2, 0.25) is 0 Å². The molecule has 0 fully saturated rings. The van der Waals surface area contributed by atoms with Gasteiger partial charge in [0.1, 0.15) is 12.0 Å². The van der Waals surface area contributed by atoms with Gasteiger partial charge in [0.25, 0.3) is 6.43 Å². The quantitative estimate of drug-likeness (QED) is 0.501. The van der Waals surface area contributed by atoms with Crippen LogP contribution >= 0.6 is 0 Å². The monoisotopic (exact) mass is 239 g/mol. The second kappa shape index (κ2) is 6.37. The van der Waals surface area contributed by atoms with E-state index in [4.69, 9.17) is 5.11 Å². The SMILES string of the molecule is CC(C)(C(=O)O)C(=O)NCCOCC(F)F. The molecule has 0 atom stereocenters. The number of nitrogens with one attached hydrogen (secondary N) is 1. The number of carboxylic acids is 1. The summed E-state index contributed by atoms with van der Waals surface area (Å²) in [5.41, 5.74) is -1.54. The highest BCUT2D eigenvalue weighted by atomic mass is 19.3. The molecule has 0 spiro atoms. The van der Waals surface area contributed by atoms with Gasteiger partial charge >= 0.3 is 5.97 Å².